The Kier molecular flexibility index (Phi) is 4.07. The Labute approximate surface area is 123 Å². The van der Waals surface area contributed by atoms with Crippen molar-refractivity contribution in [3.05, 3.63) is 51.8 Å². The number of hydrogen-bond acceptors (Lipinski definition) is 4. The van der Waals surface area contributed by atoms with Gasteiger partial charge in [0.15, 0.2) is 0 Å². The molecule has 0 aliphatic rings. The van der Waals surface area contributed by atoms with Gasteiger partial charge in [0.25, 0.3) is 5.69 Å². The van der Waals surface area contributed by atoms with Crippen LogP contribution in [0.3, 0.4) is 0 Å². The van der Waals surface area contributed by atoms with E-state index in [1.807, 2.05) is 0 Å². The highest BCUT2D eigenvalue weighted by Gasteiger charge is 2.38. The highest BCUT2D eigenvalue weighted by molar-refractivity contribution is 5.56. The lowest BCUT2D eigenvalue weighted by atomic mass is 10.1. The van der Waals surface area contributed by atoms with Gasteiger partial charge < -0.3 is 5.32 Å². The first kappa shape index (κ1) is 15.8. The number of hydrogen-bond donors (Lipinski definition) is 1. The third-order valence-electron chi connectivity index (χ3n) is 3.11. The molecule has 9 heteroatoms. The molecule has 0 saturated heterocycles. The molecule has 0 fully saturated rings. The van der Waals surface area contributed by atoms with Crippen molar-refractivity contribution < 1.29 is 18.1 Å². The van der Waals surface area contributed by atoms with Gasteiger partial charge in [-0.3, -0.25) is 14.8 Å². The van der Waals surface area contributed by atoms with E-state index in [0.717, 1.165) is 17.7 Å². The van der Waals surface area contributed by atoms with Crippen LogP contribution in [0.15, 0.2) is 30.6 Å². The fourth-order valence-corrected chi connectivity index (χ4v) is 2.01. The lowest BCUT2D eigenvalue weighted by Gasteiger charge is -2.15. The van der Waals surface area contributed by atoms with Crippen LogP contribution in [-0.4, -0.2) is 14.7 Å². The second-order valence-corrected chi connectivity index (χ2v) is 4.80. The van der Waals surface area contributed by atoms with Crippen molar-refractivity contribution >= 4 is 11.4 Å². The standard InChI is InChI=1S/C13H13F3N4O2/c1-8(9-6-17-19(2)7-9)18-10-3-4-12(20(21)22)11(5-10)13(14,15)16/h3-8,18H,1-2H3. The largest absolute Gasteiger partial charge is 0.423 e. The number of nitrogens with one attached hydrogen (secondary N) is 1. The van der Waals surface area contributed by atoms with Gasteiger partial charge >= 0.3 is 6.18 Å². The second-order valence-electron chi connectivity index (χ2n) is 4.80. The molecule has 1 aromatic carbocycles. The smallest absolute Gasteiger partial charge is 0.378 e. The van der Waals surface area contributed by atoms with Crippen LogP contribution in [-0.2, 0) is 13.2 Å². The van der Waals surface area contributed by atoms with Crippen LogP contribution >= 0.6 is 0 Å². The number of halogens is 3. The Bertz CT molecular complexity index is 697. The van der Waals surface area contributed by atoms with Crippen molar-refractivity contribution in [2.24, 2.45) is 7.05 Å². The maximum atomic E-state index is 12.9. The Morgan fingerprint density at radius 2 is 2.09 bits per heavy atom. The van der Waals surface area contributed by atoms with Crippen molar-refractivity contribution in [2.75, 3.05) is 5.32 Å². The predicted molar refractivity (Wildman–Crippen MR) is 73.3 cm³/mol. The summed E-state index contributed by atoms with van der Waals surface area (Å²) in [6.07, 6.45) is -1.47. The molecule has 0 bridgehead atoms. The van der Waals surface area contributed by atoms with Crippen molar-refractivity contribution in [2.45, 2.75) is 19.1 Å². The van der Waals surface area contributed by atoms with Gasteiger partial charge in [0.2, 0.25) is 0 Å². The first-order valence-electron chi connectivity index (χ1n) is 6.29. The van der Waals surface area contributed by atoms with E-state index in [0.29, 0.717) is 0 Å². The normalized spacial score (nSPS) is 13.0. The fourth-order valence-electron chi connectivity index (χ4n) is 2.01. The summed E-state index contributed by atoms with van der Waals surface area (Å²) in [7, 11) is 1.73. The van der Waals surface area contributed by atoms with Gasteiger partial charge in [-0.2, -0.15) is 18.3 Å². The van der Waals surface area contributed by atoms with Crippen molar-refractivity contribution in [1.29, 1.82) is 0 Å². The third-order valence-corrected chi connectivity index (χ3v) is 3.11. The van der Waals surface area contributed by atoms with Crippen LogP contribution < -0.4 is 5.32 Å². The number of nitro groups is 1. The number of aromatic nitrogens is 2. The fraction of sp³-hybridized carbons (Fsp3) is 0.308. The van der Waals surface area contributed by atoms with Gasteiger partial charge in [-0.05, 0) is 19.1 Å². The molecule has 0 aliphatic carbocycles. The van der Waals surface area contributed by atoms with Crippen molar-refractivity contribution in [3.63, 3.8) is 0 Å². The van der Waals surface area contributed by atoms with Crippen molar-refractivity contribution in [1.82, 2.24) is 9.78 Å². The summed E-state index contributed by atoms with van der Waals surface area (Å²) < 4.78 is 40.3. The number of nitrogens with zero attached hydrogens (tertiary/aromatic N) is 3. The summed E-state index contributed by atoms with van der Waals surface area (Å²) in [5.41, 5.74) is -1.31. The molecule has 118 valence electrons. The van der Waals surface area contributed by atoms with E-state index in [9.17, 15) is 23.3 Å². The maximum Gasteiger partial charge on any atom is 0.423 e. The summed E-state index contributed by atoms with van der Waals surface area (Å²) >= 11 is 0. The molecule has 1 heterocycles. The highest BCUT2D eigenvalue weighted by Crippen LogP contribution is 2.38. The first-order chi connectivity index (χ1) is 10.2. The van der Waals surface area contributed by atoms with E-state index in [1.54, 1.807) is 31.0 Å². The van der Waals surface area contributed by atoms with Gasteiger partial charge in [-0.25, -0.2) is 0 Å². The molecule has 22 heavy (non-hydrogen) atoms. The minimum atomic E-state index is -4.79. The molecule has 2 aromatic rings. The van der Waals surface area contributed by atoms with Gasteiger partial charge in [0.05, 0.1) is 17.2 Å². The van der Waals surface area contributed by atoms with Gasteiger partial charge in [-0.15, -0.1) is 0 Å². The second kappa shape index (κ2) is 5.66. The maximum absolute atomic E-state index is 12.9. The zero-order chi connectivity index (χ0) is 16.5. The number of rotatable bonds is 4. The first-order valence-corrected chi connectivity index (χ1v) is 6.29. The van der Waals surface area contributed by atoms with Crippen LogP contribution in [0.25, 0.3) is 0 Å². The van der Waals surface area contributed by atoms with Crippen LogP contribution in [0, 0.1) is 10.1 Å². The molecule has 1 unspecified atom stereocenters. The molecule has 1 aromatic heterocycles. The number of alkyl halides is 3. The molecular weight excluding hydrogens is 301 g/mol. The summed E-state index contributed by atoms with van der Waals surface area (Å²) in [5, 5.41) is 17.6. The molecule has 0 amide bonds. The van der Waals surface area contributed by atoms with Gasteiger partial charge in [0.1, 0.15) is 5.56 Å². The molecule has 2 rings (SSSR count). The SMILES string of the molecule is CC(Nc1ccc([N+](=O)[O-])c(C(F)(F)F)c1)c1cnn(C)c1. The lowest BCUT2D eigenvalue weighted by molar-refractivity contribution is -0.388. The average Bonchev–Trinajstić information content (AvgIpc) is 2.84. The summed E-state index contributed by atoms with van der Waals surface area (Å²) in [6, 6.07) is 2.54. The average molecular weight is 314 g/mol. The van der Waals surface area contributed by atoms with Crippen molar-refractivity contribution in [3.8, 4) is 0 Å². The molecule has 6 nitrogen and oxygen atoms in total. The Morgan fingerprint density at radius 1 is 1.41 bits per heavy atom. The summed E-state index contributed by atoms with van der Waals surface area (Å²) in [4.78, 5) is 9.66. The monoisotopic (exact) mass is 314 g/mol. The quantitative estimate of drug-likeness (QED) is 0.692. The summed E-state index contributed by atoms with van der Waals surface area (Å²) in [6.45, 7) is 1.76. The molecule has 0 radical (unpaired) electrons. The summed E-state index contributed by atoms with van der Waals surface area (Å²) in [5.74, 6) is 0. The minimum absolute atomic E-state index is 0.147. The van der Waals surface area contributed by atoms with Gasteiger partial charge in [-0.1, -0.05) is 0 Å². The number of nitro benzene ring substituents is 1. The number of aryl methyl sites for hydroxylation is 1. The molecular formula is C13H13F3N4O2. The van der Waals surface area contributed by atoms with E-state index in [4.69, 9.17) is 0 Å². The molecule has 0 spiro atoms. The third kappa shape index (κ3) is 3.35. The topological polar surface area (TPSA) is 73.0 Å². The Balaban J connectivity index is 2.31. The van der Waals surface area contributed by atoms with Crippen LogP contribution in [0.1, 0.15) is 24.1 Å². The van der Waals surface area contributed by atoms with E-state index < -0.39 is 22.4 Å². The van der Waals surface area contributed by atoms with Crippen LogP contribution in [0.2, 0.25) is 0 Å². The van der Waals surface area contributed by atoms with E-state index in [-0.39, 0.29) is 11.7 Å². The van der Waals surface area contributed by atoms with Crippen LogP contribution in [0.5, 0.6) is 0 Å². The van der Waals surface area contributed by atoms with Crippen LogP contribution in [0.4, 0.5) is 24.5 Å². The predicted octanol–water partition coefficient (Wildman–Crippen LogP) is 3.52. The molecule has 1 N–H and O–H groups in total. The molecule has 0 aliphatic heterocycles. The zero-order valence-electron chi connectivity index (χ0n) is 11.8. The van der Waals surface area contributed by atoms with E-state index in [2.05, 4.69) is 10.4 Å². The number of benzene rings is 1. The lowest BCUT2D eigenvalue weighted by Crippen LogP contribution is -2.11. The van der Waals surface area contributed by atoms with E-state index in [1.165, 1.54) is 6.07 Å². The van der Waals surface area contributed by atoms with Gasteiger partial charge in [0, 0.05) is 30.6 Å². The Morgan fingerprint density at radius 3 is 2.59 bits per heavy atom. The molecule has 1 atom stereocenters. The minimum Gasteiger partial charge on any atom is -0.378 e. The highest BCUT2D eigenvalue weighted by atomic mass is 19.4. The zero-order valence-corrected chi connectivity index (χ0v) is 11.8. The number of anilines is 1. The molecule has 0 saturated carbocycles. The Hall–Kier alpha value is -2.58. The van der Waals surface area contributed by atoms with E-state index >= 15 is 0 Å².